The molecule has 3 heteroatoms. The molecule has 0 spiro atoms. The van der Waals surface area contributed by atoms with Crippen LogP contribution in [0.15, 0.2) is 18.2 Å². The maximum Gasteiger partial charge on any atom is 0.309 e. The number of hydrogen-bond donors (Lipinski definition) is 0. The van der Waals surface area contributed by atoms with Gasteiger partial charge in [0.2, 0.25) is 0 Å². The van der Waals surface area contributed by atoms with Crippen LogP contribution in [0.3, 0.4) is 0 Å². The zero-order chi connectivity index (χ0) is 12.0. The second-order valence-corrected chi connectivity index (χ2v) is 4.20. The van der Waals surface area contributed by atoms with Crippen molar-refractivity contribution in [2.24, 2.45) is 0 Å². The van der Waals surface area contributed by atoms with Crippen molar-refractivity contribution in [2.45, 2.75) is 26.2 Å². The zero-order valence-corrected chi connectivity index (χ0v) is 10.5. The number of methoxy groups -OCH3 is 1. The van der Waals surface area contributed by atoms with E-state index in [4.69, 9.17) is 11.6 Å². The van der Waals surface area contributed by atoms with Crippen molar-refractivity contribution in [3.63, 3.8) is 0 Å². The first-order chi connectivity index (χ1) is 7.67. The number of halogens is 1. The van der Waals surface area contributed by atoms with E-state index in [2.05, 4.69) is 16.9 Å². The van der Waals surface area contributed by atoms with Gasteiger partial charge < -0.3 is 4.74 Å². The van der Waals surface area contributed by atoms with Crippen LogP contribution in [-0.2, 0) is 22.4 Å². The Hall–Kier alpha value is -1.02. The van der Waals surface area contributed by atoms with E-state index in [1.807, 2.05) is 13.0 Å². The third kappa shape index (κ3) is 3.86. The number of ether oxygens (including phenoxy) is 1. The molecule has 88 valence electrons. The molecule has 1 rings (SSSR count). The number of hydrogen-bond acceptors (Lipinski definition) is 2. The van der Waals surface area contributed by atoms with Crippen LogP contribution in [0, 0.1) is 6.92 Å². The molecule has 0 atom stereocenters. The van der Waals surface area contributed by atoms with Crippen molar-refractivity contribution >= 4 is 17.6 Å². The predicted molar refractivity (Wildman–Crippen MR) is 65.9 cm³/mol. The van der Waals surface area contributed by atoms with Gasteiger partial charge in [-0.2, -0.15) is 0 Å². The highest BCUT2D eigenvalue weighted by atomic mass is 35.5. The van der Waals surface area contributed by atoms with Crippen molar-refractivity contribution in [3.8, 4) is 0 Å². The molecular weight excluding hydrogens is 224 g/mol. The molecule has 0 fully saturated rings. The van der Waals surface area contributed by atoms with Crippen LogP contribution in [0.5, 0.6) is 0 Å². The van der Waals surface area contributed by atoms with Gasteiger partial charge in [-0.05, 0) is 30.9 Å². The summed E-state index contributed by atoms with van der Waals surface area (Å²) in [5.74, 6) is 0.448. The highest BCUT2D eigenvalue weighted by Gasteiger charge is 2.08. The largest absolute Gasteiger partial charge is 0.469 e. The smallest absolute Gasteiger partial charge is 0.309 e. The van der Waals surface area contributed by atoms with Gasteiger partial charge in [0.15, 0.2) is 0 Å². The Morgan fingerprint density at radius 3 is 2.75 bits per heavy atom. The molecule has 0 bridgehead atoms. The van der Waals surface area contributed by atoms with E-state index in [0.717, 1.165) is 24.0 Å². The van der Waals surface area contributed by atoms with Gasteiger partial charge in [0.1, 0.15) is 0 Å². The molecule has 0 aliphatic heterocycles. The number of benzene rings is 1. The standard InChI is InChI=1S/C13H17ClO2/c1-10-5-6-11(4-3-7-14)12(8-10)9-13(15)16-2/h5-6,8H,3-4,7,9H2,1-2H3. The first-order valence-corrected chi connectivity index (χ1v) is 5.92. The summed E-state index contributed by atoms with van der Waals surface area (Å²) in [6.45, 7) is 2.02. The van der Waals surface area contributed by atoms with E-state index in [9.17, 15) is 4.79 Å². The normalized spacial score (nSPS) is 10.2. The predicted octanol–water partition coefficient (Wildman–Crippen LogP) is 2.88. The third-order valence-corrected chi connectivity index (χ3v) is 2.77. The van der Waals surface area contributed by atoms with Crippen LogP contribution in [0.25, 0.3) is 0 Å². The fourth-order valence-electron chi connectivity index (χ4n) is 1.65. The molecule has 0 radical (unpaired) electrons. The van der Waals surface area contributed by atoms with Crippen molar-refractivity contribution in [1.29, 1.82) is 0 Å². The SMILES string of the molecule is COC(=O)Cc1cc(C)ccc1CCCCl. The first kappa shape index (κ1) is 13.0. The Balaban J connectivity index is 2.84. The average Bonchev–Trinajstić information content (AvgIpc) is 2.28. The molecule has 1 aromatic rings. The highest BCUT2D eigenvalue weighted by molar-refractivity contribution is 6.17. The van der Waals surface area contributed by atoms with Gasteiger partial charge in [0.25, 0.3) is 0 Å². The van der Waals surface area contributed by atoms with Gasteiger partial charge in [0.05, 0.1) is 13.5 Å². The van der Waals surface area contributed by atoms with Crippen LogP contribution < -0.4 is 0 Å². The molecule has 1 aromatic carbocycles. The summed E-state index contributed by atoms with van der Waals surface area (Å²) in [6, 6.07) is 6.17. The monoisotopic (exact) mass is 240 g/mol. The maximum absolute atomic E-state index is 11.3. The Morgan fingerprint density at radius 1 is 1.38 bits per heavy atom. The van der Waals surface area contributed by atoms with Gasteiger partial charge in [-0.15, -0.1) is 11.6 Å². The Bertz CT molecular complexity index is 361. The summed E-state index contributed by atoms with van der Waals surface area (Å²) in [6.07, 6.45) is 2.19. The molecule has 0 N–H and O–H groups in total. The topological polar surface area (TPSA) is 26.3 Å². The lowest BCUT2D eigenvalue weighted by molar-refractivity contribution is -0.139. The van der Waals surface area contributed by atoms with Crippen LogP contribution >= 0.6 is 11.6 Å². The van der Waals surface area contributed by atoms with Crippen molar-refractivity contribution in [1.82, 2.24) is 0 Å². The van der Waals surface area contributed by atoms with Crippen molar-refractivity contribution in [2.75, 3.05) is 13.0 Å². The number of carbonyl (C=O) groups excluding carboxylic acids is 1. The summed E-state index contributed by atoms with van der Waals surface area (Å²) < 4.78 is 4.69. The molecule has 0 amide bonds. The molecule has 0 aromatic heterocycles. The van der Waals surface area contributed by atoms with Crippen molar-refractivity contribution in [3.05, 3.63) is 34.9 Å². The van der Waals surface area contributed by atoms with Crippen LogP contribution in [0.1, 0.15) is 23.1 Å². The van der Waals surface area contributed by atoms with E-state index in [1.54, 1.807) is 0 Å². The molecule has 16 heavy (non-hydrogen) atoms. The average molecular weight is 241 g/mol. The minimum Gasteiger partial charge on any atom is -0.469 e. The van der Waals surface area contributed by atoms with Crippen molar-refractivity contribution < 1.29 is 9.53 Å². The fraction of sp³-hybridized carbons (Fsp3) is 0.462. The van der Waals surface area contributed by atoms with E-state index < -0.39 is 0 Å². The number of carbonyl (C=O) groups is 1. The summed E-state index contributed by atoms with van der Waals surface area (Å²) in [5, 5.41) is 0. The van der Waals surface area contributed by atoms with Gasteiger partial charge in [-0.3, -0.25) is 4.79 Å². The minimum absolute atomic E-state index is 0.197. The number of rotatable bonds is 5. The Labute approximate surface area is 102 Å². The molecule has 0 unspecified atom stereocenters. The fourth-order valence-corrected chi connectivity index (χ4v) is 1.78. The number of aryl methyl sites for hydroxylation is 2. The van der Waals surface area contributed by atoms with E-state index in [1.165, 1.54) is 12.7 Å². The van der Waals surface area contributed by atoms with Gasteiger partial charge in [-0.25, -0.2) is 0 Å². The second-order valence-electron chi connectivity index (χ2n) is 3.82. The van der Waals surface area contributed by atoms with Crippen LogP contribution in [-0.4, -0.2) is 19.0 Å². The lowest BCUT2D eigenvalue weighted by Gasteiger charge is -2.09. The molecule has 0 aliphatic rings. The molecule has 0 saturated carbocycles. The third-order valence-electron chi connectivity index (χ3n) is 2.50. The molecule has 0 heterocycles. The molecule has 2 nitrogen and oxygen atoms in total. The van der Waals surface area contributed by atoms with E-state index in [0.29, 0.717) is 12.3 Å². The maximum atomic E-state index is 11.3. The second kappa shape index (κ2) is 6.54. The Kier molecular flexibility index (Phi) is 5.33. The summed E-state index contributed by atoms with van der Waals surface area (Å²) in [5.41, 5.74) is 3.40. The number of alkyl halides is 1. The van der Waals surface area contributed by atoms with Gasteiger partial charge >= 0.3 is 5.97 Å². The summed E-state index contributed by atoms with van der Waals surface area (Å²) in [4.78, 5) is 11.3. The number of esters is 1. The minimum atomic E-state index is -0.197. The quantitative estimate of drug-likeness (QED) is 0.584. The lowest BCUT2D eigenvalue weighted by atomic mass is 9.98. The molecule has 0 aliphatic carbocycles. The van der Waals surface area contributed by atoms with E-state index >= 15 is 0 Å². The summed E-state index contributed by atoms with van der Waals surface area (Å²) in [7, 11) is 1.41. The molecular formula is C13H17ClO2. The first-order valence-electron chi connectivity index (χ1n) is 5.38. The van der Waals surface area contributed by atoms with Crippen LogP contribution in [0.4, 0.5) is 0 Å². The summed E-state index contributed by atoms with van der Waals surface area (Å²) >= 11 is 5.68. The van der Waals surface area contributed by atoms with Gasteiger partial charge in [-0.1, -0.05) is 23.8 Å². The van der Waals surface area contributed by atoms with E-state index in [-0.39, 0.29) is 5.97 Å². The molecule has 0 saturated heterocycles. The Morgan fingerprint density at radius 2 is 2.12 bits per heavy atom. The van der Waals surface area contributed by atoms with Crippen LogP contribution in [0.2, 0.25) is 0 Å². The lowest BCUT2D eigenvalue weighted by Crippen LogP contribution is -2.07. The highest BCUT2D eigenvalue weighted by Crippen LogP contribution is 2.15. The van der Waals surface area contributed by atoms with Gasteiger partial charge in [0, 0.05) is 5.88 Å². The zero-order valence-electron chi connectivity index (χ0n) is 9.75.